The van der Waals surface area contributed by atoms with Crippen molar-refractivity contribution in [2.24, 2.45) is 11.7 Å². The van der Waals surface area contributed by atoms with Crippen LogP contribution in [0.5, 0.6) is 0 Å². The Balaban J connectivity index is 2.65. The molecule has 1 fully saturated rings. The van der Waals surface area contributed by atoms with E-state index < -0.39 is 31.2 Å². The van der Waals surface area contributed by atoms with Crippen molar-refractivity contribution < 1.29 is 16.8 Å². The Morgan fingerprint density at radius 2 is 1.76 bits per heavy atom. The predicted octanol–water partition coefficient (Wildman–Crippen LogP) is -0.922. The van der Waals surface area contributed by atoms with Crippen molar-refractivity contribution in [3.8, 4) is 0 Å². The van der Waals surface area contributed by atoms with E-state index in [1.807, 2.05) is 0 Å². The fourth-order valence-electron chi connectivity index (χ4n) is 1.68. The summed E-state index contributed by atoms with van der Waals surface area (Å²) >= 11 is 0. The molecule has 0 heterocycles. The monoisotopic (exact) mass is 284 g/mol. The maximum atomic E-state index is 11.8. The van der Waals surface area contributed by atoms with Crippen LogP contribution in [0.1, 0.15) is 19.8 Å². The first kappa shape index (κ1) is 14.9. The van der Waals surface area contributed by atoms with Crippen LogP contribution in [0.2, 0.25) is 0 Å². The van der Waals surface area contributed by atoms with Gasteiger partial charge in [0.1, 0.15) is 9.84 Å². The van der Waals surface area contributed by atoms with Crippen molar-refractivity contribution in [1.82, 2.24) is 4.72 Å². The van der Waals surface area contributed by atoms with Crippen LogP contribution in [-0.2, 0) is 19.9 Å². The van der Waals surface area contributed by atoms with Gasteiger partial charge in [0, 0.05) is 18.3 Å². The Morgan fingerprint density at radius 1 is 1.24 bits per heavy atom. The molecule has 1 rings (SSSR count). The van der Waals surface area contributed by atoms with Crippen molar-refractivity contribution in [3.05, 3.63) is 0 Å². The summed E-state index contributed by atoms with van der Waals surface area (Å²) in [6, 6.07) is 0. The molecule has 0 aliphatic heterocycles. The number of sulfonamides is 1. The van der Waals surface area contributed by atoms with Gasteiger partial charge in [0.2, 0.25) is 10.0 Å². The van der Waals surface area contributed by atoms with Crippen LogP contribution in [0.3, 0.4) is 0 Å². The van der Waals surface area contributed by atoms with E-state index in [0.717, 1.165) is 19.1 Å². The molecule has 0 aromatic heterocycles. The third-order valence-corrected chi connectivity index (χ3v) is 5.74. The van der Waals surface area contributed by atoms with Gasteiger partial charge in [-0.25, -0.2) is 21.6 Å². The highest BCUT2D eigenvalue weighted by Gasteiger charge is 2.42. The summed E-state index contributed by atoms with van der Waals surface area (Å²) in [5.41, 5.74) is 4.95. The molecule has 1 saturated carbocycles. The highest BCUT2D eigenvalue weighted by atomic mass is 32.2. The van der Waals surface area contributed by atoms with Crippen LogP contribution in [0.15, 0.2) is 0 Å². The molecule has 1 aliphatic rings. The zero-order valence-corrected chi connectivity index (χ0v) is 11.8. The maximum Gasteiger partial charge on any atom is 0.213 e. The van der Waals surface area contributed by atoms with E-state index in [4.69, 9.17) is 5.73 Å². The Morgan fingerprint density at radius 3 is 2.12 bits per heavy atom. The summed E-state index contributed by atoms with van der Waals surface area (Å²) in [5, 5.41) is 0. The van der Waals surface area contributed by atoms with Crippen LogP contribution in [-0.4, -0.2) is 46.7 Å². The van der Waals surface area contributed by atoms with Gasteiger partial charge in [-0.15, -0.1) is 0 Å². The van der Waals surface area contributed by atoms with Gasteiger partial charge in [-0.3, -0.25) is 0 Å². The van der Waals surface area contributed by atoms with Crippen LogP contribution in [0.25, 0.3) is 0 Å². The highest BCUT2D eigenvalue weighted by molar-refractivity contribution is 7.93. The number of sulfone groups is 1. The van der Waals surface area contributed by atoms with Crippen LogP contribution in [0.4, 0.5) is 0 Å². The molecule has 6 nitrogen and oxygen atoms in total. The molecule has 0 aromatic rings. The molecule has 0 radical (unpaired) electrons. The van der Waals surface area contributed by atoms with Crippen molar-refractivity contribution in [3.63, 3.8) is 0 Å². The zero-order chi connectivity index (χ0) is 13.3. The molecule has 0 amide bonds. The molecule has 0 bridgehead atoms. The van der Waals surface area contributed by atoms with Gasteiger partial charge < -0.3 is 5.73 Å². The quantitative estimate of drug-likeness (QED) is 0.628. The second-order valence-electron chi connectivity index (χ2n) is 4.95. The molecule has 0 aromatic carbocycles. The third-order valence-electron chi connectivity index (χ3n) is 3.01. The highest BCUT2D eigenvalue weighted by Crippen LogP contribution is 2.39. The molecule has 1 aliphatic carbocycles. The van der Waals surface area contributed by atoms with E-state index in [-0.39, 0.29) is 18.2 Å². The molecule has 17 heavy (non-hydrogen) atoms. The number of hydrogen-bond acceptors (Lipinski definition) is 5. The number of hydrogen-bond donors (Lipinski definition) is 2. The van der Waals surface area contributed by atoms with E-state index >= 15 is 0 Å². The number of nitrogens with one attached hydrogen (secondary N) is 1. The van der Waals surface area contributed by atoms with Crippen molar-refractivity contribution in [2.75, 3.05) is 24.3 Å². The summed E-state index contributed by atoms with van der Waals surface area (Å²) in [5.74, 6) is -0.512. The first-order chi connectivity index (χ1) is 7.58. The Labute approximate surface area is 103 Å². The lowest BCUT2D eigenvalue weighted by Crippen LogP contribution is -2.53. The van der Waals surface area contributed by atoms with Gasteiger partial charge in [0.15, 0.2) is 0 Å². The van der Waals surface area contributed by atoms with Crippen LogP contribution in [0, 0.1) is 5.92 Å². The number of nitrogens with two attached hydrogens (primary N) is 1. The fraction of sp³-hybridized carbons (Fsp3) is 1.00. The van der Waals surface area contributed by atoms with Crippen LogP contribution >= 0.6 is 0 Å². The van der Waals surface area contributed by atoms with E-state index in [9.17, 15) is 16.8 Å². The maximum absolute atomic E-state index is 11.8. The van der Waals surface area contributed by atoms with E-state index in [2.05, 4.69) is 4.72 Å². The Kier molecular flexibility index (Phi) is 4.23. The van der Waals surface area contributed by atoms with Gasteiger partial charge in [-0.1, -0.05) is 0 Å². The summed E-state index contributed by atoms with van der Waals surface area (Å²) in [4.78, 5) is 0. The number of rotatable bonds is 7. The second-order valence-corrected chi connectivity index (χ2v) is 9.05. The van der Waals surface area contributed by atoms with Crippen molar-refractivity contribution >= 4 is 19.9 Å². The van der Waals surface area contributed by atoms with Gasteiger partial charge in [-0.05, 0) is 25.7 Å². The minimum atomic E-state index is -3.60. The molecule has 1 atom stereocenters. The molecule has 0 spiro atoms. The lowest BCUT2D eigenvalue weighted by molar-refractivity contribution is 0.374. The smallest absolute Gasteiger partial charge is 0.213 e. The third kappa shape index (κ3) is 4.90. The average Bonchev–Trinajstić information content (AvgIpc) is 2.96. The molecular weight excluding hydrogens is 264 g/mol. The van der Waals surface area contributed by atoms with Gasteiger partial charge in [0.25, 0.3) is 0 Å². The topological polar surface area (TPSA) is 106 Å². The van der Waals surface area contributed by atoms with E-state index in [1.165, 1.54) is 0 Å². The normalized spacial score (nSPS) is 21.1. The fourth-order valence-corrected chi connectivity index (χ4v) is 4.83. The summed E-state index contributed by atoms with van der Waals surface area (Å²) in [6.45, 7) is 1.98. The first-order valence-electron chi connectivity index (χ1n) is 5.47. The second kappa shape index (κ2) is 4.83. The van der Waals surface area contributed by atoms with E-state index in [0.29, 0.717) is 0 Å². The van der Waals surface area contributed by atoms with Gasteiger partial charge in [-0.2, -0.15) is 0 Å². The minimum absolute atomic E-state index is 0.218. The lowest BCUT2D eigenvalue weighted by Gasteiger charge is -2.29. The summed E-state index contributed by atoms with van der Waals surface area (Å²) in [6.07, 6.45) is 2.94. The Hall–Kier alpha value is -0.180. The van der Waals surface area contributed by atoms with Crippen LogP contribution < -0.4 is 10.5 Å². The van der Waals surface area contributed by atoms with Crippen molar-refractivity contribution in [2.45, 2.75) is 25.3 Å². The Bertz CT molecular complexity index is 467. The molecule has 102 valence electrons. The first-order valence-corrected chi connectivity index (χ1v) is 9.19. The summed E-state index contributed by atoms with van der Waals surface area (Å²) in [7, 11) is -6.87. The van der Waals surface area contributed by atoms with Gasteiger partial charge in [0.05, 0.1) is 11.5 Å². The zero-order valence-electron chi connectivity index (χ0n) is 10.1. The molecule has 8 heteroatoms. The largest absolute Gasteiger partial charge is 0.329 e. The predicted molar refractivity (Wildman–Crippen MR) is 66.8 cm³/mol. The minimum Gasteiger partial charge on any atom is -0.329 e. The lowest BCUT2D eigenvalue weighted by atomic mass is 9.98. The van der Waals surface area contributed by atoms with Gasteiger partial charge >= 0.3 is 0 Å². The molecule has 0 saturated heterocycles. The summed E-state index contributed by atoms with van der Waals surface area (Å²) < 4.78 is 47.9. The molecule has 3 N–H and O–H groups in total. The van der Waals surface area contributed by atoms with E-state index in [1.54, 1.807) is 6.92 Å². The van der Waals surface area contributed by atoms with Crippen molar-refractivity contribution in [1.29, 1.82) is 0 Å². The standard InChI is InChI=1S/C9H20N2O4S2/c1-9(7-10,8-3-4-8)11-17(14,15)6-5-16(2,12)13/h8,11H,3-7,10H2,1-2H3. The molecule has 1 unspecified atom stereocenters. The molecular formula is C9H20N2O4S2. The SMILES string of the molecule is CC(CN)(NS(=O)(=O)CCS(C)(=O)=O)C1CC1. The average molecular weight is 284 g/mol.